The van der Waals surface area contributed by atoms with Gasteiger partial charge < -0.3 is 9.53 Å². The minimum Gasteiger partial charge on any atom is -0.407 e. The SMILES string of the molecule is CC(C)(C)[Si](OCC/C=C(\F)CO)(c1ccccc1)c1ccccc1. The predicted molar refractivity (Wildman–Crippen MR) is 104 cm³/mol. The summed E-state index contributed by atoms with van der Waals surface area (Å²) in [6.45, 7) is 6.50. The second-order valence-electron chi connectivity index (χ2n) is 7.11. The Balaban J connectivity index is 2.46. The van der Waals surface area contributed by atoms with Crippen LogP contribution in [-0.4, -0.2) is 26.6 Å². The molecule has 134 valence electrons. The molecular formula is C21H27FO2Si. The largest absolute Gasteiger partial charge is 0.407 e. The minimum absolute atomic E-state index is 0.0883. The van der Waals surface area contributed by atoms with Crippen LogP contribution in [0.2, 0.25) is 5.04 Å². The van der Waals surface area contributed by atoms with Gasteiger partial charge in [-0.15, -0.1) is 0 Å². The fraction of sp³-hybridized carbons (Fsp3) is 0.333. The molecule has 0 fully saturated rings. The molecule has 0 aromatic heterocycles. The minimum atomic E-state index is -2.55. The Labute approximate surface area is 151 Å². The zero-order valence-corrected chi connectivity index (χ0v) is 16.2. The highest BCUT2D eigenvalue weighted by molar-refractivity contribution is 6.99. The Morgan fingerprint density at radius 2 is 1.48 bits per heavy atom. The molecule has 2 rings (SSSR count). The Morgan fingerprint density at radius 3 is 1.88 bits per heavy atom. The van der Waals surface area contributed by atoms with Gasteiger partial charge in [0.25, 0.3) is 8.32 Å². The smallest absolute Gasteiger partial charge is 0.261 e. The van der Waals surface area contributed by atoms with Crippen molar-refractivity contribution in [2.24, 2.45) is 0 Å². The molecule has 0 bridgehead atoms. The molecule has 0 aliphatic carbocycles. The summed E-state index contributed by atoms with van der Waals surface area (Å²) in [5.41, 5.74) is 0. The van der Waals surface area contributed by atoms with E-state index in [0.29, 0.717) is 13.0 Å². The lowest BCUT2D eigenvalue weighted by Gasteiger charge is -2.43. The van der Waals surface area contributed by atoms with Crippen LogP contribution in [0.25, 0.3) is 0 Å². The molecule has 0 amide bonds. The summed E-state index contributed by atoms with van der Waals surface area (Å²) in [5, 5.41) is 11.1. The summed E-state index contributed by atoms with van der Waals surface area (Å²) in [6, 6.07) is 20.7. The topological polar surface area (TPSA) is 29.5 Å². The van der Waals surface area contributed by atoms with Crippen LogP contribution >= 0.6 is 0 Å². The summed E-state index contributed by atoms with van der Waals surface area (Å²) in [6.07, 6.45) is 1.84. The third kappa shape index (κ3) is 4.45. The first kappa shape index (κ1) is 19.6. The maximum absolute atomic E-state index is 13.2. The van der Waals surface area contributed by atoms with Crippen LogP contribution in [0.5, 0.6) is 0 Å². The van der Waals surface area contributed by atoms with Gasteiger partial charge in [-0.25, -0.2) is 4.39 Å². The zero-order chi connectivity index (χ0) is 18.3. The van der Waals surface area contributed by atoms with Gasteiger partial charge in [0.1, 0.15) is 5.83 Å². The van der Waals surface area contributed by atoms with Gasteiger partial charge in [-0.2, -0.15) is 0 Å². The molecule has 1 N–H and O–H groups in total. The van der Waals surface area contributed by atoms with Crippen LogP contribution in [0.15, 0.2) is 72.6 Å². The average Bonchev–Trinajstić information content (AvgIpc) is 2.62. The van der Waals surface area contributed by atoms with Crippen molar-refractivity contribution in [3.05, 3.63) is 72.6 Å². The molecule has 0 saturated heterocycles. The monoisotopic (exact) mass is 358 g/mol. The van der Waals surface area contributed by atoms with Gasteiger partial charge >= 0.3 is 0 Å². The van der Waals surface area contributed by atoms with Crippen molar-refractivity contribution in [2.45, 2.75) is 32.2 Å². The number of hydrogen-bond donors (Lipinski definition) is 1. The molecule has 0 saturated carbocycles. The summed E-state index contributed by atoms with van der Waals surface area (Å²) in [5.74, 6) is -0.508. The van der Waals surface area contributed by atoms with Crippen molar-refractivity contribution in [1.82, 2.24) is 0 Å². The number of aliphatic hydroxyl groups excluding tert-OH is 1. The van der Waals surface area contributed by atoms with E-state index in [1.54, 1.807) is 0 Å². The molecule has 0 radical (unpaired) electrons. The lowest BCUT2D eigenvalue weighted by molar-refractivity contribution is 0.289. The van der Waals surface area contributed by atoms with Crippen LogP contribution in [0.1, 0.15) is 27.2 Å². The molecule has 2 nitrogen and oxygen atoms in total. The van der Waals surface area contributed by atoms with E-state index in [9.17, 15) is 4.39 Å². The van der Waals surface area contributed by atoms with E-state index in [1.165, 1.54) is 16.4 Å². The van der Waals surface area contributed by atoms with E-state index in [0.717, 1.165) is 0 Å². The summed E-state index contributed by atoms with van der Waals surface area (Å²) in [7, 11) is -2.55. The Hall–Kier alpha value is -1.75. The molecule has 2 aromatic carbocycles. The molecular weight excluding hydrogens is 331 g/mol. The molecule has 0 spiro atoms. The summed E-state index contributed by atoms with van der Waals surface area (Å²) in [4.78, 5) is 0. The molecule has 0 unspecified atom stereocenters. The maximum atomic E-state index is 13.2. The number of benzene rings is 2. The predicted octanol–water partition coefficient (Wildman–Crippen LogP) is 3.80. The number of hydrogen-bond acceptors (Lipinski definition) is 2. The van der Waals surface area contributed by atoms with Gasteiger partial charge in [0.05, 0.1) is 6.61 Å². The number of rotatable bonds is 7. The van der Waals surface area contributed by atoms with E-state index in [-0.39, 0.29) is 5.04 Å². The first-order valence-electron chi connectivity index (χ1n) is 8.62. The van der Waals surface area contributed by atoms with Crippen LogP contribution in [-0.2, 0) is 4.43 Å². The summed E-state index contributed by atoms with van der Waals surface area (Å²) < 4.78 is 19.8. The zero-order valence-electron chi connectivity index (χ0n) is 15.2. The molecule has 0 aliphatic rings. The molecule has 2 aromatic rings. The molecule has 25 heavy (non-hydrogen) atoms. The second-order valence-corrected chi connectivity index (χ2v) is 11.4. The third-order valence-corrected chi connectivity index (χ3v) is 9.41. The first-order valence-corrected chi connectivity index (χ1v) is 10.5. The number of halogens is 1. The number of aliphatic hydroxyl groups is 1. The van der Waals surface area contributed by atoms with Crippen molar-refractivity contribution >= 4 is 18.7 Å². The van der Waals surface area contributed by atoms with Crippen molar-refractivity contribution < 1.29 is 13.9 Å². The standard InChI is InChI=1S/C21H27FO2Si/c1-21(2,3)25(19-12-6-4-7-13-19,20-14-8-5-9-15-20)24-16-10-11-18(22)17-23/h4-9,11-15,23H,10,16-17H2,1-3H3/b18-11-. The maximum Gasteiger partial charge on any atom is 0.261 e. The molecule has 0 heterocycles. The van der Waals surface area contributed by atoms with Gasteiger partial charge in [0.15, 0.2) is 0 Å². The molecule has 0 atom stereocenters. The van der Waals surface area contributed by atoms with E-state index < -0.39 is 20.8 Å². The van der Waals surface area contributed by atoms with Crippen LogP contribution in [0.3, 0.4) is 0 Å². The van der Waals surface area contributed by atoms with Gasteiger partial charge in [0, 0.05) is 6.61 Å². The van der Waals surface area contributed by atoms with Gasteiger partial charge in [-0.3, -0.25) is 0 Å². The highest BCUT2D eigenvalue weighted by Crippen LogP contribution is 2.36. The van der Waals surface area contributed by atoms with Gasteiger partial charge in [-0.05, 0) is 27.9 Å². The van der Waals surface area contributed by atoms with Crippen LogP contribution < -0.4 is 10.4 Å². The van der Waals surface area contributed by atoms with E-state index >= 15 is 0 Å². The molecule has 0 aliphatic heterocycles. The van der Waals surface area contributed by atoms with E-state index in [1.807, 2.05) is 36.4 Å². The van der Waals surface area contributed by atoms with Crippen molar-refractivity contribution in [3.8, 4) is 0 Å². The highest BCUT2D eigenvalue weighted by atomic mass is 28.4. The van der Waals surface area contributed by atoms with E-state index in [2.05, 4.69) is 45.0 Å². The van der Waals surface area contributed by atoms with Crippen molar-refractivity contribution in [1.29, 1.82) is 0 Å². The van der Waals surface area contributed by atoms with Gasteiger partial charge in [-0.1, -0.05) is 81.4 Å². The quantitative estimate of drug-likeness (QED) is 0.603. The fourth-order valence-corrected chi connectivity index (χ4v) is 7.83. The molecule has 4 heteroatoms. The Bertz CT molecular complexity index is 639. The van der Waals surface area contributed by atoms with Crippen molar-refractivity contribution in [2.75, 3.05) is 13.2 Å². The van der Waals surface area contributed by atoms with Gasteiger partial charge in [0.2, 0.25) is 0 Å². The second kappa shape index (κ2) is 8.56. The summed E-state index contributed by atoms with van der Waals surface area (Å²) >= 11 is 0. The average molecular weight is 359 g/mol. The Morgan fingerprint density at radius 1 is 1.00 bits per heavy atom. The fourth-order valence-electron chi connectivity index (χ4n) is 3.25. The first-order chi connectivity index (χ1) is 11.9. The van der Waals surface area contributed by atoms with E-state index in [4.69, 9.17) is 9.53 Å². The lowest BCUT2D eigenvalue weighted by atomic mass is 10.2. The third-order valence-electron chi connectivity index (χ3n) is 4.37. The normalized spacial score (nSPS) is 13.1. The van der Waals surface area contributed by atoms with Crippen LogP contribution in [0, 0.1) is 0 Å². The lowest BCUT2D eigenvalue weighted by Crippen LogP contribution is -2.66. The Kier molecular flexibility index (Phi) is 6.70. The van der Waals surface area contributed by atoms with Crippen molar-refractivity contribution in [3.63, 3.8) is 0 Å². The highest BCUT2D eigenvalue weighted by Gasteiger charge is 2.49. The van der Waals surface area contributed by atoms with Crippen LogP contribution in [0.4, 0.5) is 4.39 Å².